The highest BCUT2D eigenvalue weighted by molar-refractivity contribution is 7.05. The van der Waals surface area contributed by atoms with Gasteiger partial charge in [-0.25, -0.2) is 4.99 Å². The molecule has 0 unspecified atom stereocenters. The molecule has 1 aromatic rings. The molecule has 2 heterocycles. The molecule has 1 saturated heterocycles. The summed E-state index contributed by atoms with van der Waals surface area (Å²) in [4.78, 5) is 7.45. The molecular formula is C9H15N5OS. The molecule has 16 heavy (non-hydrogen) atoms. The molecule has 88 valence electrons. The lowest BCUT2D eigenvalue weighted by atomic mass is 10.4. The van der Waals surface area contributed by atoms with Gasteiger partial charge in [-0.15, -0.1) is 5.10 Å². The van der Waals surface area contributed by atoms with Gasteiger partial charge in [0.25, 0.3) is 0 Å². The van der Waals surface area contributed by atoms with Crippen molar-refractivity contribution in [3.63, 3.8) is 0 Å². The summed E-state index contributed by atoms with van der Waals surface area (Å²) in [6.07, 6.45) is 0. The molecule has 1 aromatic heterocycles. The van der Waals surface area contributed by atoms with Crippen molar-refractivity contribution in [3.05, 3.63) is 10.6 Å². The molecule has 0 radical (unpaired) electrons. The minimum atomic E-state index is 0.562. The third-order valence-corrected chi connectivity index (χ3v) is 3.27. The van der Waals surface area contributed by atoms with Crippen LogP contribution in [0.25, 0.3) is 0 Å². The molecule has 0 amide bonds. The lowest BCUT2D eigenvalue weighted by Gasteiger charge is -2.27. The molecule has 2 rings (SSSR count). The zero-order valence-electron chi connectivity index (χ0n) is 9.22. The summed E-state index contributed by atoms with van der Waals surface area (Å²) >= 11 is 1.37. The monoisotopic (exact) mass is 241 g/mol. The summed E-state index contributed by atoms with van der Waals surface area (Å²) in [5.74, 6) is 0.580. The van der Waals surface area contributed by atoms with Gasteiger partial charge in [-0.3, -0.25) is 0 Å². The predicted octanol–water partition coefficient (Wildman–Crippen LogP) is -0.00658. The van der Waals surface area contributed by atoms with Crippen LogP contribution in [0.1, 0.15) is 10.6 Å². The summed E-state index contributed by atoms with van der Waals surface area (Å²) in [5, 5.41) is 3.93. The van der Waals surface area contributed by atoms with Crippen molar-refractivity contribution in [3.8, 4) is 0 Å². The fraction of sp³-hybridized carbons (Fsp3) is 0.667. The molecule has 1 aliphatic rings. The normalized spacial score (nSPS) is 17.8. The summed E-state index contributed by atoms with van der Waals surface area (Å²) in [7, 11) is 0. The summed E-state index contributed by atoms with van der Waals surface area (Å²) in [5.41, 5.74) is 6.83. The third-order valence-electron chi connectivity index (χ3n) is 2.47. The van der Waals surface area contributed by atoms with E-state index < -0.39 is 0 Å². The maximum Gasteiger partial charge on any atom is 0.191 e. The van der Waals surface area contributed by atoms with Crippen LogP contribution in [0.5, 0.6) is 0 Å². The fourth-order valence-corrected chi connectivity index (χ4v) is 2.00. The number of nitrogens with two attached hydrogens (primary N) is 1. The Bertz CT molecular complexity index is 372. The molecule has 1 aliphatic heterocycles. The number of guanidine groups is 1. The first-order valence-corrected chi connectivity index (χ1v) is 5.95. The van der Waals surface area contributed by atoms with Crippen molar-refractivity contribution in [2.45, 2.75) is 13.5 Å². The van der Waals surface area contributed by atoms with Crippen LogP contribution >= 0.6 is 11.5 Å². The summed E-state index contributed by atoms with van der Waals surface area (Å²) < 4.78 is 9.11. The van der Waals surface area contributed by atoms with E-state index in [0.717, 1.165) is 36.9 Å². The van der Waals surface area contributed by atoms with Gasteiger partial charge in [0.15, 0.2) is 5.96 Å². The predicted molar refractivity (Wildman–Crippen MR) is 62.4 cm³/mol. The molecule has 0 bridgehead atoms. The highest BCUT2D eigenvalue weighted by Crippen LogP contribution is 2.10. The summed E-state index contributed by atoms with van der Waals surface area (Å²) in [6, 6.07) is 0. The van der Waals surface area contributed by atoms with Crippen LogP contribution in [0, 0.1) is 6.92 Å². The zero-order valence-corrected chi connectivity index (χ0v) is 10.0. The first kappa shape index (κ1) is 11.3. The Balaban J connectivity index is 1.93. The highest BCUT2D eigenvalue weighted by atomic mass is 32.1. The largest absolute Gasteiger partial charge is 0.378 e. The number of morpholine rings is 1. The smallest absolute Gasteiger partial charge is 0.191 e. The second kappa shape index (κ2) is 5.22. The van der Waals surface area contributed by atoms with Crippen molar-refractivity contribution < 1.29 is 4.74 Å². The lowest BCUT2D eigenvalue weighted by Crippen LogP contribution is -2.44. The van der Waals surface area contributed by atoms with Crippen LogP contribution in [-0.2, 0) is 11.3 Å². The minimum absolute atomic E-state index is 0.562. The Labute approximate surface area is 98.3 Å². The van der Waals surface area contributed by atoms with Crippen molar-refractivity contribution in [2.24, 2.45) is 10.7 Å². The Hall–Kier alpha value is -1.21. The van der Waals surface area contributed by atoms with Crippen LogP contribution in [-0.4, -0.2) is 46.7 Å². The van der Waals surface area contributed by atoms with E-state index in [2.05, 4.69) is 14.6 Å². The van der Waals surface area contributed by atoms with Crippen LogP contribution in [0.2, 0.25) is 0 Å². The van der Waals surface area contributed by atoms with Crippen LogP contribution < -0.4 is 5.73 Å². The van der Waals surface area contributed by atoms with Crippen molar-refractivity contribution in [2.75, 3.05) is 26.3 Å². The zero-order chi connectivity index (χ0) is 11.4. The molecule has 1 fully saturated rings. The van der Waals surface area contributed by atoms with Gasteiger partial charge in [0.05, 0.1) is 30.3 Å². The van der Waals surface area contributed by atoms with Gasteiger partial charge < -0.3 is 15.4 Å². The number of aromatic nitrogens is 2. The Morgan fingerprint density at radius 1 is 1.56 bits per heavy atom. The average molecular weight is 241 g/mol. The van der Waals surface area contributed by atoms with Gasteiger partial charge in [0.1, 0.15) is 0 Å². The molecule has 0 saturated carbocycles. The van der Waals surface area contributed by atoms with Gasteiger partial charge in [0, 0.05) is 13.1 Å². The lowest BCUT2D eigenvalue weighted by molar-refractivity contribution is 0.0674. The van der Waals surface area contributed by atoms with Crippen LogP contribution in [0.15, 0.2) is 4.99 Å². The standard InChI is InChI=1S/C9H15N5OS/c1-7-8(16-13-12-7)6-11-9(10)14-2-4-15-5-3-14/h2-6H2,1H3,(H2,10,11). The van der Waals surface area contributed by atoms with E-state index in [-0.39, 0.29) is 0 Å². The number of hydrogen-bond acceptors (Lipinski definition) is 5. The molecule has 0 atom stereocenters. The maximum atomic E-state index is 5.90. The number of aliphatic imine (C=N–C) groups is 1. The summed E-state index contributed by atoms with van der Waals surface area (Å²) in [6.45, 7) is 5.56. The molecule has 0 aromatic carbocycles. The van der Waals surface area contributed by atoms with E-state index in [9.17, 15) is 0 Å². The van der Waals surface area contributed by atoms with Gasteiger partial charge in [0.2, 0.25) is 0 Å². The fourth-order valence-electron chi connectivity index (χ4n) is 1.44. The van der Waals surface area contributed by atoms with Gasteiger partial charge in [-0.1, -0.05) is 4.49 Å². The van der Waals surface area contributed by atoms with Crippen molar-refractivity contribution in [1.82, 2.24) is 14.5 Å². The highest BCUT2D eigenvalue weighted by Gasteiger charge is 2.12. The molecule has 6 nitrogen and oxygen atoms in total. The number of hydrogen-bond donors (Lipinski definition) is 1. The number of rotatable bonds is 2. The van der Waals surface area contributed by atoms with Gasteiger partial charge in [-0.05, 0) is 18.5 Å². The van der Waals surface area contributed by atoms with Crippen LogP contribution in [0.4, 0.5) is 0 Å². The SMILES string of the molecule is Cc1nnsc1CN=C(N)N1CCOCC1. The topological polar surface area (TPSA) is 76.6 Å². The first-order valence-electron chi connectivity index (χ1n) is 5.18. The van der Waals surface area contributed by atoms with E-state index in [4.69, 9.17) is 10.5 Å². The van der Waals surface area contributed by atoms with Crippen molar-refractivity contribution >= 4 is 17.5 Å². The number of ether oxygens (including phenoxy) is 1. The third kappa shape index (κ3) is 2.67. The molecular weight excluding hydrogens is 226 g/mol. The van der Waals surface area contributed by atoms with Gasteiger partial charge in [-0.2, -0.15) is 0 Å². The van der Waals surface area contributed by atoms with Gasteiger partial charge >= 0.3 is 0 Å². The van der Waals surface area contributed by atoms with E-state index in [1.165, 1.54) is 11.5 Å². The second-order valence-electron chi connectivity index (χ2n) is 3.56. The maximum absolute atomic E-state index is 5.90. The molecule has 0 spiro atoms. The van der Waals surface area contributed by atoms with Crippen molar-refractivity contribution in [1.29, 1.82) is 0 Å². The number of aryl methyl sites for hydroxylation is 1. The molecule has 7 heteroatoms. The van der Waals surface area contributed by atoms with Crippen LogP contribution in [0.3, 0.4) is 0 Å². The quantitative estimate of drug-likeness (QED) is 0.582. The van der Waals surface area contributed by atoms with E-state index >= 15 is 0 Å². The van der Waals surface area contributed by atoms with E-state index in [1.807, 2.05) is 11.8 Å². The number of nitrogens with zero attached hydrogens (tertiary/aromatic N) is 4. The Morgan fingerprint density at radius 2 is 2.31 bits per heavy atom. The van der Waals surface area contributed by atoms with E-state index in [0.29, 0.717) is 12.5 Å². The Morgan fingerprint density at radius 3 is 2.94 bits per heavy atom. The Kier molecular flexibility index (Phi) is 3.68. The molecule has 0 aliphatic carbocycles. The molecule has 2 N–H and O–H groups in total. The minimum Gasteiger partial charge on any atom is -0.378 e. The average Bonchev–Trinajstić information content (AvgIpc) is 2.73. The first-order chi connectivity index (χ1) is 7.77. The van der Waals surface area contributed by atoms with E-state index in [1.54, 1.807) is 0 Å². The second-order valence-corrected chi connectivity index (χ2v) is 4.39.